The Labute approximate surface area is 116 Å². The predicted molar refractivity (Wildman–Crippen MR) is 74.3 cm³/mol. The molecule has 0 aliphatic carbocycles. The highest BCUT2D eigenvalue weighted by Gasteiger charge is 2.16. The van der Waals surface area contributed by atoms with E-state index in [-0.39, 0.29) is 27.9 Å². The third-order valence-corrected chi connectivity index (χ3v) is 2.64. The lowest BCUT2D eigenvalue weighted by atomic mass is 10.2. The van der Waals surface area contributed by atoms with E-state index in [1.807, 2.05) is 13.8 Å². The van der Waals surface area contributed by atoms with Crippen LogP contribution in [-0.2, 0) is 0 Å². The van der Waals surface area contributed by atoms with Gasteiger partial charge in [0.25, 0.3) is 0 Å². The Morgan fingerprint density at radius 2 is 2.05 bits per heavy atom. The summed E-state index contributed by atoms with van der Waals surface area (Å²) in [5.74, 6) is -0.756. The Balaban J connectivity index is 0.000000861. The van der Waals surface area contributed by atoms with Crippen molar-refractivity contribution < 1.29 is 9.18 Å². The second-order valence-electron chi connectivity index (χ2n) is 3.48. The van der Waals surface area contributed by atoms with Crippen LogP contribution in [0.4, 0.5) is 10.2 Å². The summed E-state index contributed by atoms with van der Waals surface area (Å²) in [4.78, 5) is 11.2. The number of nitrogens with zero attached hydrogens (tertiary/aromatic N) is 2. The van der Waals surface area contributed by atoms with E-state index in [1.165, 1.54) is 25.3 Å². The highest BCUT2D eigenvalue weighted by atomic mass is 35.5. The van der Waals surface area contributed by atoms with Gasteiger partial charge in [0.1, 0.15) is 11.5 Å². The molecule has 102 valence electrons. The van der Waals surface area contributed by atoms with Crippen molar-refractivity contribution in [2.45, 2.75) is 20.8 Å². The average molecular weight is 284 g/mol. The van der Waals surface area contributed by atoms with Crippen molar-refractivity contribution in [1.29, 1.82) is 0 Å². The van der Waals surface area contributed by atoms with Gasteiger partial charge in [-0.25, -0.2) is 9.07 Å². The Bertz CT molecular complexity index is 596. The Kier molecular flexibility index (Phi) is 5.06. The first-order valence-corrected chi connectivity index (χ1v) is 6.19. The summed E-state index contributed by atoms with van der Waals surface area (Å²) in [6.45, 7) is 5.37. The molecule has 2 N–H and O–H groups in total. The molecular formula is C13H15ClFN3O. The summed E-state index contributed by atoms with van der Waals surface area (Å²) >= 11 is 5.66. The summed E-state index contributed by atoms with van der Waals surface area (Å²) in [7, 11) is 0. The third kappa shape index (κ3) is 2.93. The van der Waals surface area contributed by atoms with E-state index in [4.69, 9.17) is 17.3 Å². The first-order chi connectivity index (χ1) is 9.02. The SMILES string of the molecule is CC.CC(=O)c1cnn(-c2cccc(Cl)c2F)c1N. The standard InChI is InChI=1S/C11H9ClFN3O.C2H6/c1-6(17)7-5-15-16(11(7)14)9-4-2-3-8(12)10(9)13;1-2/h2-5H,14H2,1H3;1-2H3. The molecule has 0 atom stereocenters. The number of Topliss-reactive ketones (excluding diaryl/α,β-unsaturated/α-hetero) is 1. The maximum absolute atomic E-state index is 13.7. The molecule has 0 aliphatic heterocycles. The molecule has 4 nitrogen and oxygen atoms in total. The molecule has 1 aromatic heterocycles. The number of carbonyl (C=O) groups excluding carboxylic acids is 1. The number of halogens is 2. The van der Waals surface area contributed by atoms with E-state index in [1.54, 1.807) is 6.07 Å². The van der Waals surface area contributed by atoms with Crippen LogP contribution < -0.4 is 5.73 Å². The molecule has 2 rings (SSSR count). The van der Waals surface area contributed by atoms with E-state index in [0.717, 1.165) is 4.68 Å². The van der Waals surface area contributed by atoms with Gasteiger partial charge in [-0.2, -0.15) is 5.10 Å². The molecule has 0 amide bonds. The molecule has 0 unspecified atom stereocenters. The first kappa shape index (κ1) is 15.2. The molecule has 0 fully saturated rings. The van der Waals surface area contributed by atoms with Crippen LogP contribution in [0.3, 0.4) is 0 Å². The smallest absolute Gasteiger partial charge is 0.167 e. The lowest BCUT2D eigenvalue weighted by Crippen LogP contribution is -2.06. The minimum Gasteiger partial charge on any atom is -0.383 e. The van der Waals surface area contributed by atoms with E-state index in [9.17, 15) is 9.18 Å². The summed E-state index contributed by atoms with van der Waals surface area (Å²) in [5.41, 5.74) is 6.09. The third-order valence-electron chi connectivity index (χ3n) is 2.35. The van der Waals surface area contributed by atoms with E-state index in [0.29, 0.717) is 0 Å². The van der Waals surface area contributed by atoms with Crippen LogP contribution in [0.15, 0.2) is 24.4 Å². The summed E-state index contributed by atoms with van der Waals surface area (Å²) in [6, 6.07) is 4.48. The van der Waals surface area contributed by atoms with Crippen molar-refractivity contribution in [1.82, 2.24) is 9.78 Å². The van der Waals surface area contributed by atoms with Crippen molar-refractivity contribution >= 4 is 23.2 Å². The zero-order valence-electron chi connectivity index (χ0n) is 10.9. The zero-order valence-corrected chi connectivity index (χ0v) is 11.7. The lowest BCUT2D eigenvalue weighted by molar-refractivity contribution is 0.101. The van der Waals surface area contributed by atoms with Gasteiger partial charge in [0.05, 0.1) is 16.8 Å². The summed E-state index contributed by atoms with van der Waals surface area (Å²) in [5, 5.41) is 3.86. The lowest BCUT2D eigenvalue weighted by Gasteiger charge is -2.06. The Morgan fingerprint density at radius 3 is 2.58 bits per heavy atom. The number of benzene rings is 1. The second-order valence-corrected chi connectivity index (χ2v) is 3.89. The number of hydrogen-bond acceptors (Lipinski definition) is 3. The van der Waals surface area contributed by atoms with Crippen LogP contribution in [-0.4, -0.2) is 15.6 Å². The number of nitrogens with two attached hydrogens (primary N) is 1. The predicted octanol–water partition coefficient (Wildman–Crippen LogP) is 3.48. The molecule has 0 bridgehead atoms. The highest BCUT2D eigenvalue weighted by molar-refractivity contribution is 6.30. The van der Waals surface area contributed by atoms with Crippen molar-refractivity contribution in [3.8, 4) is 5.69 Å². The first-order valence-electron chi connectivity index (χ1n) is 5.81. The van der Waals surface area contributed by atoms with Gasteiger partial charge in [0.15, 0.2) is 11.6 Å². The Morgan fingerprint density at radius 1 is 1.42 bits per heavy atom. The second kappa shape index (κ2) is 6.33. The molecule has 1 heterocycles. The van der Waals surface area contributed by atoms with Gasteiger partial charge in [-0.15, -0.1) is 0 Å². The van der Waals surface area contributed by atoms with Crippen molar-refractivity contribution in [2.24, 2.45) is 0 Å². The van der Waals surface area contributed by atoms with Gasteiger partial charge in [0.2, 0.25) is 0 Å². The Hall–Kier alpha value is -1.88. The molecule has 0 saturated carbocycles. The zero-order chi connectivity index (χ0) is 14.6. The molecule has 6 heteroatoms. The molecule has 0 radical (unpaired) electrons. The quantitative estimate of drug-likeness (QED) is 0.859. The minimum atomic E-state index is -0.626. The summed E-state index contributed by atoms with van der Waals surface area (Å²) < 4.78 is 14.9. The minimum absolute atomic E-state index is 0.0261. The molecule has 1 aromatic carbocycles. The van der Waals surface area contributed by atoms with Crippen molar-refractivity contribution in [2.75, 3.05) is 5.73 Å². The number of carbonyl (C=O) groups is 1. The van der Waals surface area contributed by atoms with Gasteiger partial charge < -0.3 is 5.73 Å². The normalized spacial score (nSPS) is 9.74. The van der Waals surface area contributed by atoms with Crippen LogP contribution >= 0.6 is 11.6 Å². The molecule has 19 heavy (non-hydrogen) atoms. The molecule has 2 aromatic rings. The fourth-order valence-corrected chi connectivity index (χ4v) is 1.65. The maximum atomic E-state index is 13.7. The van der Waals surface area contributed by atoms with Gasteiger partial charge in [0, 0.05) is 0 Å². The van der Waals surface area contributed by atoms with Crippen LogP contribution in [0, 0.1) is 5.82 Å². The number of ketones is 1. The summed E-state index contributed by atoms with van der Waals surface area (Å²) in [6.07, 6.45) is 1.30. The number of anilines is 1. The highest BCUT2D eigenvalue weighted by Crippen LogP contribution is 2.24. The number of nitrogen functional groups attached to an aromatic ring is 1. The largest absolute Gasteiger partial charge is 0.383 e. The maximum Gasteiger partial charge on any atom is 0.167 e. The monoisotopic (exact) mass is 283 g/mol. The fraction of sp³-hybridized carbons (Fsp3) is 0.231. The van der Waals surface area contributed by atoms with Gasteiger partial charge in [-0.3, -0.25) is 4.79 Å². The van der Waals surface area contributed by atoms with Crippen molar-refractivity contribution in [3.05, 3.63) is 40.8 Å². The number of hydrogen-bond donors (Lipinski definition) is 1. The van der Waals surface area contributed by atoms with Crippen molar-refractivity contribution in [3.63, 3.8) is 0 Å². The van der Waals surface area contributed by atoms with Crippen LogP contribution in [0.5, 0.6) is 0 Å². The van der Waals surface area contributed by atoms with E-state index >= 15 is 0 Å². The molecular weight excluding hydrogens is 269 g/mol. The fourth-order valence-electron chi connectivity index (χ4n) is 1.48. The van der Waals surface area contributed by atoms with Crippen LogP contribution in [0.1, 0.15) is 31.1 Å². The van der Waals surface area contributed by atoms with Gasteiger partial charge in [-0.05, 0) is 19.1 Å². The van der Waals surface area contributed by atoms with Gasteiger partial charge >= 0.3 is 0 Å². The number of rotatable bonds is 2. The van der Waals surface area contributed by atoms with Crippen LogP contribution in [0.2, 0.25) is 5.02 Å². The van der Waals surface area contributed by atoms with E-state index < -0.39 is 5.82 Å². The average Bonchev–Trinajstić information content (AvgIpc) is 2.77. The molecule has 0 saturated heterocycles. The molecule has 0 spiro atoms. The molecule has 0 aliphatic rings. The topological polar surface area (TPSA) is 60.9 Å². The number of aromatic nitrogens is 2. The van der Waals surface area contributed by atoms with Crippen LogP contribution in [0.25, 0.3) is 5.69 Å². The van der Waals surface area contributed by atoms with Gasteiger partial charge in [-0.1, -0.05) is 31.5 Å². The van der Waals surface area contributed by atoms with E-state index in [2.05, 4.69) is 5.10 Å².